The Morgan fingerprint density at radius 3 is 2.33 bits per heavy atom. The predicted molar refractivity (Wildman–Crippen MR) is 73.3 cm³/mol. The Labute approximate surface area is 128 Å². The quantitative estimate of drug-likeness (QED) is 0.649. The Morgan fingerprint density at radius 2 is 1.72 bits per heavy atom. The van der Waals surface area contributed by atoms with Crippen LogP contribution in [0.25, 0.3) is 0 Å². The maximum Gasteiger partial charge on any atom is 0.107 e. The summed E-state index contributed by atoms with van der Waals surface area (Å²) in [5.41, 5.74) is 1.22. The molecule has 0 bridgehead atoms. The van der Waals surface area contributed by atoms with Gasteiger partial charge in [0.1, 0.15) is 12.6 Å². The molecule has 0 amide bonds. The first-order chi connectivity index (χ1) is 8.24. The van der Waals surface area contributed by atoms with E-state index in [2.05, 4.69) is 28.1 Å². The Hall–Kier alpha value is 0.1000. The molecule has 4 heteroatoms. The molecule has 2 nitrogen and oxygen atoms in total. The van der Waals surface area contributed by atoms with Gasteiger partial charge in [0, 0.05) is 10.9 Å². The summed E-state index contributed by atoms with van der Waals surface area (Å²) in [6, 6.07) is 8.24. The maximum atomic E-state index is 10.1. The van der Waals surface area contributed by atoms with Crippen molar-refractivity contribution in [3.63, 3.8) is 0 Å². The van der Waals surface area contributed by atoms with E-state index in [0.29, 0.717) is 0 Å². The number of nitrogens with one attached hydrogen (secondary N) is 1. The number of likely N-dealkylation sites (tertiary alicyclic amines) is 1. The van der Waals surface area contributed by atoms with E-state index in [0.717, 1.165) is 17.4 Å². The minimum absolute atomic E-state index is 0. The molecule has 1 unspecified atom stereocenters. The highest BCUT2D eigenvalue weighted by atomic mass is 79.9. The number of hydrogen-bond donors (Lipinski definition) is 2. The molecular weight excluding hydrogens is 358 g/mol. The molecule has 1 aliphatic heterocycles. The van der Waals surface area contributed by atoms with Crippen molar-refractivity contribution in [1.82, 2.24) is 0 Å². The van der Waals surface area contributed by atoms with Crippen LogP contribution in [0.4, 0.5) is 0 Å². The van der Waals surface area contributed by atoms with E-state index in [9.17, 15) is 5.11 Å². The lowest BCUT2D eigenvalue weighted by Crippen LogP contribution is -3.13. The Bertz CT molecular complexity index is 336. The fourth-order valence-corrected chi connectivity index (χ4v) is 2.82. The van der Waals surface area contributed by atoms with Crippen LogP contribution in [0.2, 0.25) is 0 Å². The van der Waals surface area contributed by atoms with Gasteiger partial charge in [0.05, 0.1) is 13.1 Å². The van der Waals surface area contributed by atoms with Gasteiger partial charge in [-0.05, 0) is 37.0 Å². The van der Waals surface area contributed by atoms with E-state index in [1.807, 2.05) is 12.1 Å². The molecule has 1 aromatic rings. The first kappa shape index (κ1) is 16.2. The number of rotatable bonds is 4. The number of halogens is 2. The molecule has 2 rings (SSSR count). The Balaban J connectivity index is 0.00000162. The summed E-state index contributed by atoms with van der Waals surface area (Å²) in [4.78, 5) is 1.57. The second-order valence-corrected chi connectivity index (χ2v) is 5.91. The van der Waals surface area contributed by atoms with Crippen LogP contribution in [-0.4, -0.2) is 30.8 Å². The van der Waals surface area contributed by atoms with Crippen LogP contribution in [0.1, 0.15) is 24.8 Å². The molecule has 0 saturated carbocycles. The van der Waals surface area contributed by atoms with Crippen LogP contribution in [0, 0.1) is 0 Å². The molecule has 0 aliphatic carbocycles. The lowest BCUT2D eigenvalue weighted by Gasteiger charge is -2.25. The number of aliphatic hydroxyl groups is 1. The summed E-state index contributed by atoms with van der Waals surface area (Å²) >= 11 is 3.42. The second-order valence-electron chi connectivity index (χ2n) is 5.00. The summed E-state index contributed by atoms with van der Waals surface area (Å²) < 4.78 is 1.09. The van der Waals surface area contributed by atoms with Gasteiger partial charge in [0.25, 0.3) is 0 Å². The van der Waals surface area contributed by atoms with E-state index in [-0.39, 0.29) is 23.1 Å². The van der Waals surface area contributed by atoms with Gasteiger partial charge >= 0.3 is 0 Å². The summed E-state index contributed by atoms with van der Waals surface area (Å²) in [7, 11) is 0. The normalized spacial score (nSPS) is 18.1. The number of benzene rings is 1. The van der Waals surface area contributed by atoms with Gasteiger partial charge in [-0.2, -0.15) is 0 Å². The van der Waals surface area contributed by atoms with Gasteiger partial charge in [0.2, 0.25) is 0 Å². The topological polar surface area (TPSA) is 24.7 Å². The van der Waals surface area contributed by atoms with Crippen molar-refractivity contribution in [3.05, 3.63) is 34.3 Å². The zero-order chi connectivity index (χ0) is 12.1. The van der Waals surface area contributed by atoms with Crippen molar-refractivity contribution in [2.45, 2.75) is 31.8 Å². The summed E-state index contributed by atoms with van der Waals surface area (Å²) in [6.07, 6.45) is 4.58. The van der Waals surface area contributed by atoms with Gasteiger partial charge in [0.15, 0.2) is 0 Å². The van der Waals surface area contributed by atoms with Crippen molar-refractivity contribution < 1.29 is 27.0 Å². The fourth-order valence-electron chi connectivity index (χ4n) is 2.55. The van der Waals surface area contributed by atoms with E-state index in [1.165, 1.54) is 37.9 Å². The monoisotopic (exact) mass is 377 g/mol. The van der Waals surface area contributed by atoms with Gasteiger partial charge in [-0.25, -0.2) is 0 Å². The van der Waals surface area contributed by atoms with Crippen LogP contribution in [-0.2, 0) is 6.42 Å². The highest BCUT2D eigenvalue weighted by Gasteiger charge is 2.17. The average molecular weight is 379 g/mol. The van der Waals surface area contributed by atoms with Gasteiger partial charge in [-0.15, -0.1) is 0 Å². The number of piperidine rings is 1. The zero-order valence-corrected chi connectivity index (χ0v) is 13.7. The second kappa shape index (κ2) is 8.31. The highest BCUT2D eigenvalue weighted by molar-refractivity contribution is 9.10. The molecule has 1 aliphatic rings. The molecule has 0 aromatic heterocycles. The van der Waals surface area contributed by atoms with E-state index in [4.69, 9.17) is 0 Å². The smallest absolute Gasteiger partial charge is 0.107 e. The first-order valence-corrected chi connectivity index (χ1v) is 7.29. The van der Waals surface area contributed by atoms with Crippen molar-refractivity contribution in [1.29, 1.82) is 0 Å². The maximum absolute atomic E-state index is 10.1. The Morgan fingerprint density at radius 1 is 1.11 bits per heavy atom. The van der Waals surface area contributed by atoms with E-state index >= 15 is 0 Å². The molecule has 1 fully saturated rings. The van der Waals surface area contributed by atoms with Crippen LogP contribution in [0.15, 0.2) is 28.7 Å². The van der Waals surface area contributed by atoms with E-state index in [1.54, 1.807) is 4.90 Å². The fraction of sp³-hybridized carbons (Fsp3) is 0.571. The largest absolute Gasteiger partial charge is 1.00 e. The SMILES string of the molecule is OC(Cc1ccc(Br)cc1)C[NH+]1CCCCC1.[Br-]. The van der Waals surface area contributed by atoms with E-state index < -0.39 is 0 Å². The minimum Gasteiger partial charge on any atom is -1.00 e. The van der Waals surface area contributed by atoms with Gasteiger partial charge < -0.3 is 27.0 Å². The lowest BCUT2D eigenvalue weighted by molar-refractivity contribution is -0.907. The van der Waals surface area contributed by atoms with Gasteiger partial charge in [-0.3, -0.25) is 0 Å². The summed E-state index contributed by atoms with van der Waals surface area (Å²) in [6.45, 7) is 3.37. The zero-order valence-electron chi connectivity index (χ0n) is 10.5. The van der Waals surface area contributed by atoms with Crippen LogP contribution in [0.3, 0.4) is 0 Å². The molecule has 18 heavy (non-hydrogen) atoms. The van der Waals surface area contributed by atoms with Crippen LogP contribution < -0.4 is 21.9 Å². The van der Waals surface area contributed by atoms with Crippen molar-refractivity contribution >= 4 is 15.9 Å². The highest BCUT2D eigenvalue weighted by Crippen LogP contribution is 2.11. The average Bonchev–Trinajstić information content (AvgIpc) is 2.33. The minimum atomic E-state index is -0.204. The van der Waals surface area contributed by atoms with Crippen LogP contribution in [0.5, 0.6) is 0 Å². The molecule has 1 saturated heterocycles. The molecule has 0 radical (unpaired) electrons. The number of hydrogen-bond acceptors (Lipinski definition) is 1. The molecular formula is C14H21Br2NO. The third-order valence-corrected chi connectivity index (χ3v) is 4.00. The summed E-state index contributed by atoms with van der Waals surface area (Å²) in [5, 5.41) is 10.1. The Kier molecular flexibility index (Phi) is 7.46. The van der Waals surface area contributed by atoms with Gasteiger partial charge in [-0.1, -0.05) is 28.1 Å². The first-order valence-electron chi connectivity index (χ1n) is 6.50. The summed E-state index contributed by atoms with van der Waals surface area (Å²) in [5.74, 6) is 0. The molecule has 102 valence electrons. The van der Waals surface area contributed by atoms with Crippen molar-refractivity contribution in [3.8, 4) is 0 Å². The van der Waals surface area contributed by atoms with Crippen LogP contribution >= 0.6 is 15.9 Å². The molecule has 0 spiro atoms. The third kappa shape index (κ3) is 5.39. The van der Waals surface area contributed by atoms with Crippen molar-refractivity contribution in [2.75, 3.05) is 19.6 Å². The number of quaternary nitrogens is 1. The molecule has 1 aromatic carbocycles. The third-order valence-electron chi connectivity index (χ3n) is 3.47. The lowest BCUT2D eigenvalue weighted by atomic mass is 10.1. The standard InChI is InChI=1S/C14H20BrNO.BrH/c15-13-6-4-12(5-7-13)10-14(17)11-16-8-2-1-3-9-16;/h4-7,14,17H,1-3,8-11H2;1H. The predicted octanol–water partition coefficient (Wildman–Crippen LogP) is -1.57. The molecule has 1 heterocycles. The molecule has 1 atom stereocenters. The number of aliphatic hydroxyl groups excluding tert-OH is 1. The van der Waals surface area contributed by atoms with Crippen molar-refractivity contribution in [2.24, 2.45) is 0 Å². The molecule has 2 N–H and O–H groups in total.